The molecule has 1 heterocycles. The van der Waals surface area contributed by atoms with Crippen LogP contribution in [0.5, 0.6) is 0 Å². The van der Waals surface area contributed by atoms with Gasteiger partial charge >= 0.3 is 6.09 Å². The maximum Gasteiger partial charge on any atom is 0.407 e. The lowest BCUT2D eigenvalue weighted by atomic mass is 10.0. The largest absolute Gasteiger partial charge is 0.453 e. The molecule has 1 aliphatic rings. The van der Waals surface area contributed by atoms with Crippen LogP contribution in [0, 0.1) is 6.92 Å². The minimum absolute atomic E-state index is 0.144. The van der Waals surface area contributed by atoms with Crippen molar-refractivity contribution < 1.29 is 14.3 Å². The van der Waals surface area contributed by atoms with Gasteiger partial charge in [0.25, 0.3) is 0 Å². The van der Waals surface area contributed by atoms with Gasteiger partial charge in [-0.3, -0.25) is 4.79 Å². The predicted octanol–water partition coefficient (Wildman–Crippen LogP) is 1.82. The van der Waals surface area contributed by atoms with Gasteiger partial charge in [-0.05, 0) is 44.4 Å². The number of methoxy groups -OCH3 is 1. The molecule has 1 atom stereocenters. The third-order valence-electron chi connectivity index (χ3n) is 4.12. The monoisotopic (exact) mass is 319 g/mol. The summed E-state index contributed by atoms with van der Waals surface area (Å²) in [6, 6.07) is 8.00. The molecular weight excluding hydrogens is 294 g/mol. The fourth-order valence-electron chi connectivity index (χ4n) is 2.73. The van der Waals surface area contributed by atoms with Crippen molar-refractivity contribution in [3.8, 4) is 0 Å². The van der Waals surface area contributed by atoms with E-state index >= 15 is 0 Å². The predicted molar refractivity (Wildman–Crippen MR) is 89.6 cm³/mol. The lowest BCUT2D eigenvalue weighted by Gasteiger charge is -2.34. The fourth-order valence-corrected chi connectivity index (χ4v) is 2.73. The van der Waals surface area contributed by atoms with Gasteiger partial charge < -0.3 is 20.3 Å². The van der Waals surface area contributed by atoms with E-state index in [4.69, 9.17) is 0 Å². The minimum atomic E-state index is -0.600. The third-order valence-corrected chi connectivity index (χ3v) is 4.12. The number of aryl methyl sites for hydroxylation is 1. The lowest BCUT2D eigenvalue weighted by Crippen LogP contribution is -2.51. The van der Waals surface area contributed by atoms with E-state index in [1.54, 1.807) is 6.92 Å². The maximum atomic E-state index is 12.1. The molecule has 0 unspecified atom stereocenters. The van der Waals surface area contributed by atoms with Crippen molar-refractivity contribution in [1.82, 2.24) is 10.6 Å². The topological polar surface area (TPSA) is 70.7 Å². The van der Waals surface area contributed by atoms with Crippen molar-refractivity contribution in [2.45, 2.75) is 38.8 Å². The number of alkyl carbamates (subject to hydrolysis) is 1. The van der Waals surface area contributed by atoms with Gasteiger partial charge in [-0.1, -0.05) is 12.1 Å². The Labute approximate surface area is 137 Å². The van der Waals surface area contributed by atoms with Gasteiger partial charge in [-0.25, -0.2) is 4.79 Å². The van der Waals surface area contributed by atoms with E-state index in [0.29, 0.717) is 0 Å². The Morgan fingerprint density at radius 1 is 1.30 bits per heavy atom. The van der Waals surface area contributed by atoms with E-state index < -0.39 is 12.1 Å². The highest BCUT2D eigenvalue weighted by Crippen LogP contribution is 2.21. The fraction of sp³-hybridized carbons (Fsp3) is 0.529. The van der Waals surface area contributed by atoms with Crippen molar-refractivity contribution in [2.75, 3.05) is 25.1 Å². The first-order valence-electron chi connectivity index (χ1n) is 7.96. The average molecular weight is 319 g/mol. The normalized spacial score (nSPS) is 16.6. The van der Waals surface area contributed by atoms with E-state index in [1.165, 1.54) is 18.4 Å². The van der Waals surface area contributed by atoms with Crippen molar-refractivity contribution in [1.29, 1.82) is 0 Å². The van der Waals surface area contributed by atoms with Crippen LogP contribution in [0.15, 0.2) is 24.3 Å². The van der Waals surface area contributed by atoms with Gasteiger partial charge in [0.2, 0.25) is 5.91 Å². The summed E-state index contributed by atoms with van der Waals surface area (Å²) in [6.07, 6.45) is 1.19. The number of nitrogens with one attached hydrogen (secondary N) is 2. The van der Waals surface area contributed by atoms with Gasteiger partial charge in [-0.15, -0.1) is 0 Å². The Morgan fingerprint density at radius 2 is 2.00 bits per heavy atom. The standard InChI is InChI=1S/C17H25N3O3/c1-12-5-4-6-15(11-12)20-9-7-14(8-10-20)19-16(21)13(2)18-17(22)23-3/h4-6,11,13-14H,7-10H2,1-3H3,(H,18,22)(H,19,21)/t13-/m0/s1. The van der Waals surface area contributed by atoms with Crippen LogP contribution < -0.4 is 15.5 Å². The van der Waals surface area contributed by atoms with Crippen LogP contribution in [0.25, 0.3) is 0 Å². The third kappa shape index (κ3) is 4.87. The molecule has 1 aromatic rings. The highest BCUT2D eigenvalue weighted by Gasteiger charge is 2.23. The molecule has 1 aromatic carbocycles. The second-order valence-electron chi connectivity index (χ2n) is 5.97. The van der Waals surface area contributed by atoms with Gasteiger partial charge in [0.15, 0.2) is 0 Å². The Morgan fingerprint density at radius 3 is 2.61 bits per heavy atom. The highest BCUT2D eigenvalue weighted by atomic mass is 16.5. The molecule has 6 heteroatoms. The van der Waals surface area contributed by atoms with E-state index in [2.05, 4.69) is 51.5 Å². The van der Waals surface area contributed by atoms with Crippen molar-refractivity contribution in [3.05, 3.63) is 29.8 Å². The Balaban J connectivity index is 1.80. The summed E-state index contributed by atoms with van der Waals surface area (Å²) >= 11 is 0. The number of hydrogen-bond donors (Lipinski definition) is 2. The number of ether oxygens (including phenoxy) is 1. The van der Waals surface area contributed by atoms with Crippen LogP contribution in [0.2, 0.25) is 0 Å². The van der Waals surface area contributed by atoms with Gasteiger partial charge in [-0.2, -0.15) is 0 Å². The zero-order valence-electron chi connectivity index (χ0n) is 14.0. The van der Waals surface area contributed by atoms with Crippen LogP contribution in [-0.4, -0.2) is 44.3 Å². The molecule has 0 saturated carbocycles. The van der Waals surface area contributed by atoms with Gasteiger partial charge in [0.1, 0.15) is 6.04 Å². The van der Waals surface area contributed by atoms with Crippen LogP contribution in [-0.2, 0) is 9.53 Å². The molecular formula is C17H25N3O3. The Kier molecular flexibility index (Phi) is 5.84. The number of carbonyl (C=O) groups is 2. The van der Waals surface area contributed by atoms with Crippen LogP contribution in [0.1, 0.15) is 25.3 Å². The summed E-state index contributed by atoms with van der Waals surface area (Å²) in [7, 11) is 1.28. The SMILES string of the molecule is COC(=O)N[C@@H](C)C(=O)NC1CCN(c2cccc(C)c2)CC1. The molecule has 0 spiro atoms. The second kappa shape index (κ2) is 7.85. The Hall–Kier alpha value is -2.24. The van der Waals surface area contributed by atoms with Gasteiger partial charge in [0, 0.05) is 24.8 Å². The highest BCUT2D eigenvalue weighted by molar-refractivity contribution is 5.85. The molecule has 2 N–H and O–H groups in total. The van der Waals surface area contributed by atoms with Crippen molar-refractivity contribution >= 4 is 17.7 Å². The molecule has 1 saturated heterocycles. The summed E-state index contributed by atoms with van der Waals surface area (Å²) in [6.45, 7) is 5.56. The van der Waals surface area contributed by atoms with Crippen LogP contribution >= 0.6 is 0 Å². The average Bonchev–Trinajstić information content (AvgIpc) is 2.55. The summed E-state index contributed by atoms with van der Waals surface area (Å²) in [4.78, 5) is 25.5. The molecule has 0 aliphatic carbocycles. The first-order valence-corrected chi connectivity index (χ1v) is 7.96. The number of anilines is 1. The lowest BCUT2D eigenvalue weighted by molar-refractivity contribution is -0.123. The second-order valence-corrected chi connectivity index (χ2v) is 5.97. The Bertz CT molecular complexity index is 554. The van der Waals surface area contributed by atoms with Crippen LogP contribution in [0.3, 0.4) is 0 Å². The first kappa shape index (κ1) is 17.1. The number of piperidine rings is 1. The van der Waals surface area contributed by atoms with E-state index in [-0.39, 0.29) is 11.9 Å². The van der Waals surface area contributed by atoms with E-state index in [0.717, 1.165) is 25.9 Å². The molecule has 0 aromatic heterocycles. The zero-order valence-corrected chi connectivity index (χ0v) is 14.0. The molecule has 0 radical (unpaired) electrons. The molecule has 126 valence electrons. The van der Waals surface area contributed by atoms with Crippen molar-refractivity contribution in [2.24, 2.45) is 0 Å². The minimum Gasteiger partial charge on any atom is -0.453 e. The molecule has 23 heavy (non-hydrogen) atoms. The summed E-state index contributed by atoms with van der Waals surface area (Å²) in [5, 5.41) is 5.47. The molecule has 1 aliphatic heterocycles. The van der Waals surface area contributed by atoms with Crippen LogP contribution in [0.4, 0.5) is 10.5 Å². The maximum absolute atomic E-state index is 12.1. The van der Waals surface area contributed by atoms with E-state index in [1.807, 2.05) is 0 Å². The number of benzene rings is 1. The number of carbonyl (C=O) groups excluding carboxylic acids is 2. The van der Waals surface area contributed by atoms with Gasteiger partial charge in [0.05, 0.1) is 7.11 Å². The molecule has 6 nitrogen and oxygen atoms in total. The molecule has 2 rings (SSSR count). The first-order chi connectivity index (χ1) is 11.0. The van der Waals surface area contributed by atoms with E-state index in [9.17, 15) is 9.59 Å². The number of hydrogen-bond acceptors (Lipinski definition) is 4. The molecule has 0 bridgehead atoms. The smallest absolute Gasteiger partial charge is 0.407 e. The van der Waals surface area contributed by atoms with Crippen molar-refractivity contribution in [3.63, 3.8) is 0 Å². The summed E-state index contributed by atoms with van der Waals surface area (Å²) < 4.78 is 4.50. The molecule has 2 amide bonds. The number of rotatable bonds is 4. The number of nitrogens with zero attached hydrogens (tertiary/aromatic N) is 1. The summed E-state index contributed by atoms with van der Waals surface area (Å²) in [5.74, 6) is -0.176. The quantitative estimate of drug-likeness (QED) is 0.888. The molecule has 1 fully saturated rings. The number of amides is 2. The zero-order chi connectivity index (χ0) is 16.8. The summed E-state index contributed by atoms with van der Waals surface area (Å²) in [5.41, 5.74) is 2.48.